The van der Waals surface area contributed by atoms with Gasteiger partial charge in [0.2, 0.25) is 0 Å². The third kappa shape index (κ3) is 4.65. The third-order valence-corrected chi connectivity index (χ3v) is 2.91. The first-order chi connectivity index (χ1) is 8.10. The molecular formula is C15H23NOS. The average molecular weight is 265 g/mol. The predicted molar refractivity (Wildman–Crippen MR) is 81.0 cm³/mol. The molecule has 0 aliphatic rings. The van der Waals surface area contributed by atoms with Crippen LogP contribution in [0.1, 0.15) is 46.6 Å². The molecule has 0 amide bonds. The van der Waals surface area contributed by atoms with E-state index in [2.05, 4.69) is 46.8 Å². The quantitative estimate of drug-likeness (QED) is 0.838. The van der Waals surface area contributed by atoms with Crippen LogP contribution in [-0.2, 0) is 5.41 Å². The minimum Gasteiger partial charge on any atom is -0.432 e. The van der Waals surface area contributed by atoms with Crippen molar-refractivity contribution in [2.45, 2.75) is 46.5 Å². The van der Waals surface area contributed by atoms with E-state index in [1.54, 1.807) is 0 Å². The Hall–Kier alpha value is -1.09. The van der Waals surface area contributed by atoms with Gasteiger partial charge < -0.3 is 10.5 Å². The van der Waals surface area contributed by atoms with E-state index in [-0.39, 0.29) is 10.6 Å². The van der Waals surface area contributed by atoms with E-state index in [1.165, 1.54) is 5.56 Å². The van der Waals surface area contributed by atoms with Crippen LogP contribution in [-0.4, -0.2) is 5.17 Å². The first-order valence-corrected chi connectivity index (χ1v) is 6.59. The highest BCUT2D eigenvalue weighted by Crippen LogP contribution is 2.36. The van der Waals surface area contributed by atoms with E-state index < -0.39 is 0 Å². The summed E-state index contributed by atoms with van der Waals surface area (Å²) >= 11 is 4.71. The second kappa shape index (κ2) is 5.27. The van der Waals surface area contributed by atoms with Gasteiger partial charge in [-0.25, -0.2) is 0 Å². The number of nitrogens with two attached hydrogens (primary N) is 1. The summed E-state index contributed by atoms with van der Waals surface area (Å²) in [5.41, 5.74) is 7.08. The van der Waals surface area contributed by atoms with Gasteiger partial charge in [-0.1, -0.05) is 46.8 Å². The molecule has 3 heteroatoms. The molecule has 1 aromatic carbocycles. The van der Waals surface area contributed by atoms with Crippen molar-refractivity contribution < 1.29 is 4.74 Å². The molecule has 0 aliphatic heterocycles. The summed E-state index contributed by atoms with van der Waals surface area (Å²) < 4.78 is 5.19. The second-order valence-corrected chi connectivity index (χ2v) is 6.97. The van der Waals surface area contributed by atoms with Crippen molar-refractivity contribution >= 4 is 17.4 Å². The number of thiocarbonyl (C=S) groups is 1. The van der Waals surface area contributed by atoms with E-state index in [1.807, 2.05) is 12.1 Å². The van der Waals surface area contributed by atoms with Crippen LogP contribution >= 0.6 is 12.2 Å². The van der Waals surface area contributed by atoms with Crippen LogP contribution in [0.2, 0.25) is 0 Å². The summed E-state index contributed by atoms with van der Waals surface area (Å²) in [6.07, 6.45) is 1.12. The van der Waals surface area contributed by atoms with Crippen molar-refractivity contribution in [1.29, 1.82) is 0 Å². The summed E-state index contributed by atoms with van der Waals surface area (Å²) in [5, 5.41) is 0.0525. The second-order valence-electron chi connectivity index (χ2n) is 6.57. The van der Waals surface area contributed by atoms with Gasteiger partial charge >= 0.3 is 0 Å². The zero-order valence-electron chi connectivity index (χ0n) is 11.9. The van der Waals surface area contributed by atoms with Gasteiger partial charge in [0.05, 0.1) is 0 Å². The molecule has 0 radical (unpaired) electrons. The van der Waals surface area contributed by atoms with E-state index in [9.17, 15) is 0 Å². The zero-order valence-corrected chi connectivity index (χ0v) is 12.7. The van der Waals surface area contributed by atoms with Crippen molar-refractivity contribution in [3.63, 3.8) is 0 Å². The number of hydrogen-bond donors (Lipinski definition) is 1. The molecule has 1 rings (SSSR count). The average Bonchev–Trinajstić information content (AvgIpc) is 2.13. The van der Waals surface area contributed by atoms with Gasteiger partial charge in [0, 0.05) is 0 Å². The standard InChI is InChI=1S/C15H23NOS/c1-14(2,3)10-15(4,5)11-6-8-12(9-7-11)17-13(16)18/h6-9H,10H2,1-5H3,(H2,16,18). The largest absolute Gasteiger partial charge is 0.432 e. The highest BCUT2D eigenvalue weighted by molar-refractivity contribution is 7.80. The summed E-state index contributed by atoms with van der Waals surface area (Å²) in [6, 6.07) is 8.00. The molecule has 0 fully saturated rings. The molecule has 0 aromatic heterocycles. The van der Waals surface area contributed by atoms with Crippen molar-refractivity contribution in [2.24, 2.45) is 11.1 Å². The highest BCUT2D eigenvalue weighted by atomic mass is 32.1. The van der Waals surface area contributed by atoms with Gasteiger partial charge in [0.15, 0.2) is 0 Å². The maximum atomic E-state index is 5.34. The first kappa shape index (κ1) is 15.0. The fourth-order valence-electron chi connectivity index (χ4n) is 2.52. The molecule has 0 bridgehead atoms. The molecule has 0 heterocycles. The Morgan fingerprint density at radius 2 is 1.61 bits per heavy atom. The van der Waals surface area contributed by atoms with Crippen molar-refractivity contribution in [3.05, 3.63) is 29.8 Å². The maximum Gasteiger partial charge on any atom is 0.259 e. The molecule has 0 aliphatic carbocycles. The van der Waals surface area contributed by atoms with Gasteiger partial charge in [-0.05, 0) is 47.2 Å². The topological polar surface area (TPSA) is 35.2 Å². The monoisotopic (exact) mass is 265 g/mol. The van der Waals surface area contributed by atoms with Gasteiger partial charge in [-0.2, -0.15) is 0 Å². The molecule has 2 N–H and O–H groups in total. The molecule has 0 saturated carbocycles. The fourth-order valence-corrected chi connectivity index (χ4v) is 2.61. The molecule has 0 saturated heterocycles. The first-order valence-electron chi connectivity index (χ1n) is 6.18. The van der Waals surface area contributed by atoms with Crippen LogP contribution in [0.5, 0.6) is 5.75 Å². The number of rotatable bonds is 3. The maximum absolute atomic E-state index is 5.34. The molecule has 2 nitrogen and oxygen atoms in total. The van der Waals surface area contributed by atoms with Gasteiger partial charge in [0.25, 0.3) is 5.17 Å². The summed E-state index contributed by atoms with van der Waals surface area (Å²) in [7, 11) is 0. The number of hydrogen-bond acceptors (Lipinski definition) is 2. The van der Waals surface area contributed by atoms with Crippen molar-refractivity contribution in [3.8, 4) is 5.75 Å². The van der Waals surface area contributed by atoms with E-state index in [0.29, 0.717) is 11.2 Å². The molecular weight excluding hydrogens is 242 g/mol. The van der Waals surface area contributed by atoms with Crippen LogP contribution in [0.15, 0.2) is 24.3 Å². The lowest BCUT2D eigenvalue weighted by atomic mass is 9.72. The third-order valence-electron chi connectivity index (χ3n) is 2.83. The van der Waals surface area contributed by atoms with Gasteiger partial charge in [0.1, 0.15) is 5.75 Å². The highest BCUT2D eigenvalue weighted by Gasteiger charge is 2.27. The van der Waals surface area contributed by atoms with Crippen LogP contribution in [0.4, 0.5) is 0 Å². The van der Waals surface area contributed by atoms with E-state index in [4.69, 9.17) is 22.7 Å². The van der Waals surface area contributed by atoms with Crippen molar-refractivity contribution in [2.75, 3.05) is 0 Å². The van der Waals surface area contributed by atoms with Crippen LogP contribution in [0, 0.1) is 5.41 Å². The Balaban J connectivity index is 2.87. The Labute approximate surface area is 116 Å². The van der Waals surface area contributed by atoms with Crippen LogP contribution in [0.25, 0.3) is 0 Å². The lowest BCUT2D eigenvalue weighted by molar-refractivity contribution is 0.284. The molecule has 1 aromatic rings. The van der Waals surface area contributed by atoms with Crippen LogP contribution in [0.3, 0.4) is 0 Å². The predicted octanol–water partition coefficient (Wildman–Crippen LogP) is 4.02. The molecule has 100 valence electrons. The molecule has 18 heavy (non-hydrogen) atoms. The van der Waals surface area contributed by atoms with E-state index in [0.717, 1.165) is 6.42 Å². The molecule has 0 atom stereocenters. The van der Waals surface area contributed by atoms with Gasteiger partial charge in [-0.3, -0.25) is 0 Å². The summed E-state index contributed by atoms with van der Waals surface area (Å²) in [6.45, 7) is 11.3. The smallest absolute Gasteiger partial charge is 0.259 e. The van der Waals surface area contributed by atoms with Crippen LogP contribution < -0.4 is 10.5 Å². The lowest BCUT2D eigenvalue weighted by Gasteiger charge is -2.33. The normalized spacial score (nSPS) is 12.3. The SMILES string of the molecule is CC(C)(C)CC(C)(C)c1ccc(OC(N)=S)cc1. The summed E-state index contributed by atoms with van der Waals surface area (Å²) in [4.78, 5) is 0. The molecule has 0 unspecified atom stereocenters. The Morgan fingerprint density at radius 3 is 2.00 bits per heavy atom. The zero-order chi connectivity index (χ0) is 14.0. The summed E-state index contributed by atoms with van der Waals surface area (Å²) in [5.74, 6) is 0.692. The van der Waals surface area contributed by atoms with E-state index >= 15 is 0 Å². The Bertz CT molecular complexity index is 415. The van der Waals surface area contributed by atoms with Gasteiger partial charge in [-0.15, -0.1) is 0 Å². The fraction of sp³-hybridized carbons (Fsp3) is 0.533. The minimum absolute atomic E-state index is 0.0525. The Morgan fingerprint density at radius 1 is 1.11 bits per heavy atom. The minimum atomic E-state index is 0.0525. The number of ether oxygens (including phenoxy) is 1. The lowest BCUT2D eigenvalue weighted by Crippen LogP contribution is -2.24. The van der Waals surface area contributed by atoms with Crippen molar-refractivity contribution in [1.82, 2.24) is 0 Å². The Kier molecular flexibility index (Phi) is 4.38. The molecule has 0 spiro atoms. The number of benzene rings is 1.